The van der Waals surface area contributed by atoms with E-state index in [1.54, 1.807) is 6.33 Å². The second-order valence-electron chi connectivity index (χ2n) is 6.09. The third kappa shape index (κ3) is 2.76. The molecule has 0 unspecified atom stereocenters. The van der Waals surface area contributed by atoms with Crippen molar-refractivity contribution in [2.75, 3.05) is 5.32 Å². The van der Waals surface area contributed by atoms with Gasteiger partial charge < -0.3 is 9.88 Å². The molecule has 1 aliphatic heterocycles. The molecule has 23 heavy (non-hydrogen) atoms. The molecule has 6 heteroatoms. The normalized spacial score (nSPS) is 14.5. The smallest absolute Gasteiger partial charge is 0.152 e. The molecule has 4 rings (SSSR count). The van der Waals surface area contributed by atoms with Crippen molar-refractivity contribution >= 4 is 16.7 Å². The third-order valence-electron chi connectivity index (χ3n) is 4.39. The lowest BCUT2D eigenvalue weighted by Crippen LogP contribution is -2.11. The first kappa shape index (κ1) is 14.1. The molecule has 1 aromatic carbocycles. The Morgan fingerprint density at radius 1 is 1.13 bits per heavy atom. The molecule has 1 aliphatic rings. The maximum Gasteiger partial charge on any atom is 0.152 e. The highest BCUT2D eigenvalue weighted by molar-refractivity contribution is 5.89. The first-order chi connectivity index (χ1) is 11.3. The van der Waals surface area contributed by atoms with Crippen LogP contribution < -0.4 is 5.32 Å². The summed E-state index contributed by atoms with van der Waals surface area (Å²) in [4.78, 5) is 8.72. The van der Waals surface area contributed by atoms with Crippen LogP contribution in [0.3, 0.4) is 0 Å². The molecule has 0 spiro atoms. The van der Waals surface area contributed by atoms with Crippen LogP contribution in [-0.2, 0) is 19.5 Å². The highest BCUT2D eigenvalue weighted by Crippen LogP contribution is 2.21. The van der Waals surface area contributed by atoms with Gasteiger partial charge in [0.25, 0.3) is 0 Å². The molecule has 118 valence electrons. The average Bonchev–Trinajstić information content (AvgIpc) is 2.79. The predicted molar refractivity (Wildman–Crippen MR) is 89.2 cm³/mol. The molecule has 1 N–H and O–H groups in total. The second kappa shape index (κ2) is 5.95. The molecule has 0 bridgehead atoms. The summed E-state index contributed by atoms with van der Waals surface area (Å²) in [6.45, 7) is 3.73. The molecular weight excluding hydrogens is 288 g/mol. The first-order valence-electron chi connectivity index (χ1n) is 8.17. The fourth-order valence-corrected chi connectivity index (χ4v) is 3.15. The zero-order valence-corrected chi connectivity index (χ0v) is 13.3. The summed E-state index contributed by atoms with van der Waals surface area (Å²) in [5.41, 5.74) is 2.15. The highest BCUT2D eigenvalue weighted by Gasteiger charge is 2.14. The molecular formula is C17H20N6. The largest absolute Gasteiger partial charge is 0.362 e. The van der Waals surface area contributed by atoms with Crippen molar-refractivity contribution in [1.82, 2.24) is 24.7 Å². The number of nitrogens with one attached hydrogen (secondary N) is 1. The van der Waals surface area contributed by atoms with E-state index in [9.17, 15) is 0 Å². The number of nitrogens with zero attached hydrogens (tertiary/aromatic N) is 5. The van der Waals surface area contributed by atoms with Gasteiger partial charge in [-0.3, -0.25) is 0 Å². The Morgan fingerprint density at radius 2 is 2.09 bits per heavy atom. The minimum Gasteiger partial charge on any atom is -0.362 e. The second-order valence-corrected chi connectivity index (χ2v) is 6.09. The van der Waals surface area contributed by atoms with E-state index in [0.717, 1.165) is 41.3 Å². The van der Waals surface area contributed by atoms with E-state index in [2.05, 4.69) is 49.1 Å². The number of fused-ring (bicyclic) bond motifs is 2. The van der Waals surface area contributed by atoms with Crippen molar-refractivity contribution < 1.29 is 0 Å². The van der Waals surface area contributed by atoms with Gasteiger partial charge in [-0.15, -0.1) is 10.2 Å². The molecule has 3 aromatic rings. The van der Waals surface area contributed by atoms with Gasteiger partial charge in [0.15, 0.2) is 5.82 Å². The Kier molecular flexibility index (Phi) is 3.65. The van der Waals surface area contributed by atoms with Crippen molar-refractivity contribution in [3.05, 3.63) is 41.7 Å². The van der Waals surface area contributed by atoms with Crippen LogP contribution in [0.2, 0.25) is 0 Å². The number of aryl methyl sites for hydroxylation is 2. The number of rotatable bonds is 3. The van der Waals surface area contributed by atoms with Crippen molar-refractivity contribution in [3.8, 4) is 0 Å². The summed E-state index contributed by atoms with van der Waals surface area (Å²) >= 11 is 0. The topological polar surface area (TPSA) is 68.5 Å². The molecule has 0 aliphatic carbocycles. The van der Waals surface area contributed by atoms with Crippen LogP contribution in [0.5, 0.6) is 0 Å². The average molecular weight is 308 g/mol. The molecule has 0 saturated carbocycles. The van der Waals surface area contributed by atoms with E-state index in [1.807, 2.05) is 6.07 Å². The maximum absolute atomic E-state index is 4.40. The monoisotopic (exact) mass is 308 g/mol. The quantitative estimate of drug-likeness (QED) is 0.806. The SMILES string of the molecule is Cc1ccc2ncnc(NCc3nnc4n3CCCCC4)c2c1. The Bertz CT molecular complexity index is 838. The fourth-order valence-electron chi connectivity index (χ4n) is 3.15. The van der Waals surface area contributed by atoms with E-state index in [1.165, 1.54) is 24.8 Å². The van der Waals surface area contributed by atoms with Gasteiger partial charge in [0.2, 0.25) is 0 Å². The Morgan fingerprint density at radius 3 is 3.04 bits per heavy atom. The number of benzene rings is 1. The number of hydrogen-bond acceptors (Lipinski definition) is 5. The van der Waals surface area contributed by atoms with Crippen molar-refractivity contribution in [3.63, 3.8) is 0 Å². The van der Waals surface area contributed by atoms with E-state index < -0.39 is 0 Å². The van der Waals surface area contributed by atoms with Gasteiger partial charge in [-0.05, 0) is 31.9 Å². The molecule has 6 nitrogen and oxygen atoms in total. The molecule has 0 saturated heterocycles. The molecule has 0 atom stereocenters. The van der Waals surface area contributed by atoms with Crippen molar-refractivity contribution in [1.29, 1.82) is 0 Å². The summed E-state index contributed by atoms with van der Waals surface area (Å²) in [6.07, 6.45) is 6.31. The highest BCUT2D eigenvalue weighted by atomic mass is 15.3. The maximum atomic E-state index is 4.40. The number of anilines is 1. The zero-order valence-electron chi connectivity index (χ0n) is 13.3. The lowest BCUT2D eigenvalue weighted by Gasteiger charge is -2.10. The van der Waals surface area contributed by atoms with E-state index >= 15 is 0 Å². The van der Waals surface area contributed by atoms with Crippen LogP contribution >= 0.6 is 0 Å². The Hall–Kier alpha value is -2.50. The third-order valence-corrected chi connectivity index (χ3v) is 4.39. The summed E-state index contributed by atoms with van der Waals surface area (Å²) in [5, 5.41) is 13.2. The summed E-state index contributed by atoms with van der Waals surface area (Å²) in [6, 6.07) is 6.21. The molecule has 0 radical (unpaired) electrons. The predicted octanol–water partition coefficient (Wildman–Crippen LogP) is 2.87. The number of hydrogen-bond donors (Lipinski definition) is 1. The summed E-state index contributed by atoms with van der Waals surface area (Å²) in [5.74, 6) is 2.95. The van der Waals surface area contributed by atoms with E-state index in [-0.39, 0.29) is 0 Å². The fraction of sp³-hybridized carbons (Fsp3) is 0.412. The van der Waals surface area contributed by atoms with Gasteiger partial charge in [-0.1, -0.05) is 18.1 Å². The minimum absolute atomic E-state index is 0.632. The standard InChI is InChI=1S/C17H20N6/c1-12-6-7-14-13(9-12)17(20-11-19-14)18-10-16-22-21-15-5-3-2-4-8-23(15)16/h6-7,9,11H,2-5,8,10H2,1H3,(H,18,19,20). The lowest BCUT2D eigenvalue weighted by molar-refractivity contribution is 0.610. The number of aromatic nitrogens is 5. The van der Waals surface area contributed by atoms with Gasteiger partial charge in [0.05, 0.1) is 12.1 Å². The van der Waals surface area contributed by atoms with Crippen LogP contribution in [0.4, 0.5) is 5.82 Å². The molecule has 3 heterocycles. The van der Waals surface area contributed by atoms with Crippen LogP contribution in [-0.4, -0.2) is 24.7 Å². The zero-order chi connectivity index (χ0) is 15.6. The van der Waals surface area contributed by atoms with Gasteiger partial charge >= 0.3 is 0 Å². The molecule has 0 amide bonds. The van der Waals surface area contributed by atoms with Gasteiger partial charge in [0, 0.05) is 18.4 Å². The van der Waals surface area contributed by atoms with Crippen molar-refractivity contribution in [2.45, 2.75) is 45.7 Å². The summed E-state index contributed by atoms with van der Waals surface area (Å²) in [7, 11) is 0. The first-order valence-corrected chi connectivity index (χ1v) is 8.17. The Labute approximate surface area is 135 Å². The van der Waals surface area contributed by atoms with Crippen molar-refractivity contribution in [2.24, 2.45) is 0 Å². The van der Waals surface area contributed by atoms with Crippen LogP contribution in [0, 0.1) is 6.92 Å². The van der Waals surface area contributed by atoms with Gasteiger partial charge in [0.1, 0.15) is 18.0 Å². The Balaban J connectivity index is 1.60. The van der Waals surface area contributed by atoms with Gasteiger partial charge in [-0.2, -0.15) is 0 Å². The van der Waals surface area contributed by atoms with E-state index in [4.69, 9.17) is 0 Å². The van der Waals surface area contributed by atoms with Gasteiger partial charge in [-0.25, -0.2) is 9.97 Å². The lowest BCUT2D eigenvalue weighted by atomic mass is 10.1. The summed E-state index contributed by atoms with van der Waals surface area (Å²) < 4.78 is 2.26. The molecule has 2 aromatic heterocycles. The minimum atomic E-state index is 0.632. The van der Waals surface area contributed by atoms with Crippen LogP contribution in [0.1, 0.15) is 36.5 Å². The molecule has 0 fully saturated rings. The van der Waals surface area contributed by atoms with Crippen LogP contribution in [0.25, 0.3) is 10.9 Å². The van der Waals surface area contributed by atoms with E-state index in [0.29, 0.717) is 6.54 Å². The van der Waals surface area contributed by atoms with Crippen LogP contribution in [0.15, 0.2) is 24.5 Å².